The van der Waals surface area contributed by atoms with E-state index in [0.717, 1.165) is 65.7 Å². The predicted molar refractivity (Wildman–Crippen MR) is 258 cm³/mol. The molecule has 1 aliphatic heterocycles. The van der Waals surface area contributed by atoms with E-state index in [1.54, 1.807) is 11.1 Å². The van der Waals surface area contributed by atoms with Gasteiger partial charge in [0.2, 0.25) is 5.91 Å². The number of rotatable bonds is 27. The van der Waals surface area contributed by atoms with Crippen molar-refractivity contribution in [3.05, 3.63) is 82.6 Å². The second kappa shape index (κ2) is 25.9. The smallest absolute Gasteiger partial charge is 0.318 e. The SMILES string of the molecule is CC(CCCC(=O)NCCN1CCN(C(=O)NC[C@H](O)[C@@H](O)[C@H](O)CCO)CC1)c1ccc(Cl)c(CN(C(=O)NCCCC[C@H](O)CO)C2(c3cnccc3-c3ccccc3OC3CC3)CC2)c1. The van der Waals surface area contributed by atoms with Crippen molar-refractivity contribution in [3.63, 3.8) is 0 Å². The molecule has 5 atom stereocenters. The zero-order chi connectivity index (χ0) is 48.6. The Morgan fingerprint density at radius 3 is 2.37 bits per heavy atom. The molecule has 5 amide bonds. The average Bonchev–Trinajstić information content (AvgIpc) is 4.30. The monoisotopic (exact) mass is 966 g/mol. The van der Waals surface area contributed by atoms with Gasteiger partial charge in [0, 0.05) is 100 Å². The van der Waals surface area contributed by atoms with Gasteiger partial charge in [0.1, 0.15) is 11.9 Å². The molecule has 17 nitrogen and oxygen atoms in total. The number of aliphatic hydroxyl groups excluding tert-OH is 6. The number of benzene rings is 2. The quantitative estimate of drug-likeness (QED) is 0.0496. The predicted octanol–water partition coefficient (Wildman–Crippen LogP) is 3.85. The van der Waals surface area contributed by atoms with Gasteiger partial charge in [-0.15, -0.1) is 0 Å². The third kappa shape index (κ3) is 15.0. The fourth-order valence-corrected chi connectivity index (χ4v) is 8.97. The zero-order valence-electron chi connectivity index (χ0n) is 39.3. The lowest BCUT2D eigenvalue weighted by atomic mass is 9.92. The Bertz CT molecular complexity index is 2090. The molecule has 2 saturated carbocycles. The van der Waals surface area contributed by atoms with Crippen molar-refractivity contribution in [2.24, 2.45) is 0 Å². The first-order valence-corrected chi connectivity index (χ1v) is 24.7. The van der Waals surface area contributed by atoms with Crippen molar-refractivity contribution in [3.8, 4) is 16.9 Å². The molecule has 18 heteroatoms. The lowest BCUT2D eigenvalue weighted by Gasteiger charge is -2.35. The second-order valence-electron chi connectivity index (χ2n) is 18.6. The van der Waals surface area contributed by atoms with Gasteiger partial charge in [-0.05, 0) is 105 Å². The number of ether oxygens (including phenoxy) is 1. The summed E-state index contributed by atoms with van der Waals surface area (Å²) in [5.74, 6) is 0.887. The molecular weight excluding hydrogens is 894 g/mol. The van der Waals surface area contributed by atoms with E-state index in [4.69, 9.17) is 21.4 Å². The van der Waals surface area contributed by atoms with Crippen LogP contribution in [0.25, 0.3) is 11.1 Å². The molecule has 6 rings (SSSR count). The third-order valence-electron chi connectivity index (χ3n) is 13.3. The number of aromatic nitrogens is 1. The molecule has 0 radical (unpaired) electrons. The van der Waals surface area contributed by atoms with Gasteiger partial charge in [0.25, 0.3) is 0 Å². The number of amides is 5. The van der Waals surface area contributed by atoms with Crippen LogP contribution in [-0.4, -0.2) is 164 Å². The number of halogens is 1. The summed E-state index contributed by atoms with van der Waals surface area (Å²) in [5.41, 5.74) is 4.09. The number of nitrogens with zero attached hydrogens (tertiary/aromatic N) is 4. The molecule has 2 aliphatic carbocycles. The number of hydrogen-bond donors (Lipinski definition) is 9. The van der Waals surface area contributed by atoms with Gasteiger partial charge in [-0.1, -0.05) is 48.9 Å². The highest BCUT2D eigenvalue weighted by molar-refractivity contribution is 6.31. The molecule has 68 heavy (non-hydrogen) atoms. The van der Waals surface area contributed by atoms with E-state index >= 15 is 0 Å². The topological polar surface area (TPSA) is 241 Å². The minimum absolute atomic E-state index is 0.0330. The van der Waals surface area contributed by atoms with Gasteiger partial charge in [0.15, 0.2) is 0 Å². The first-order chi connectivity index (χ1) is 32.8. The summed E-state index contributed by atoms with van der Waals surface area (Å²) >= 11 is 6.94. The van der Waals surface area contributed by atoms with Gasteiger partial charge in [-0.2, -0.15) is 0 Å². The lowest BCUT2D eigenvalue weighted by Crippen LogP contribution is -2.54. The van der Waals surface area contributed by atoms with E-state index < -0.39 is 30.0 Å². The number of unbranched alkanes of at least 4 members (excludes halogenated alkanes) is 1. The van der Waals surface area contributed by atoms with Crippen LogP contribution in [0.1, 0.15) is 100 Å². The van der Waals surface area contributed by atoms with Crippen LogP contribution in [-0.2, 0) is 16.9 Å². The second-order valence-corrected chi connectivity index (χ2v) is 19.0. The number of piperazine rings is 1. The molecule has 3 fully saturated rings. The Morgan fingerprint density at radius 1 is 0.882 bits per heavy atom. The maximum absolute atomic E-state index is 14.4. The maximum Gasteiger partial charge on any atom is 0.318 e. The van der Waals surface area contributed by atoms with Crippen LogP contribution in [0.4, 0.5) is 9.59 Å². The highest BCUT2D eigenvalue weighted by atomic mass is 35.5. The van der Waals surface area contributed by atoms with Crippen LogP contribution >= 0.6 is 11.6 Å². The standard InChI is InChI=1S/C50H72ClN7O10/c1-34(7-6-11-46(64)53-22-23-56-24-26-57(27-25-56)48(66)55-31-44(63)47(65)43(62)17-28-59)35-12-15-42(51)36(29-35)32-58(49(67)54-20-5-4-8-37(61)33-60)50(18-19-50)41-30-52-21-16-39(41)40-9-2-3-10-45(40)68-38-13-14-38/h2-3,9-10,12,15-16,21,29-30,34,37-38,43-44,47,59-63,65H,4-8,11,13-14,17-20,22-28,31-33H2,1H3,(H,53,64)(H,54,67)(H,55,66)/t34?,37-,43+,44-,47-/m0/s1. The Kier molecular flexibility index (Phi) is 20.1. The molecule has 0 spiro atoms. The first kappa shape index (κ1) is 52.8. The average molecular weight is 967 g/mol. The Balaban J connectivity index is 1.01. The maximum atomic E-state index is 14.4. The van der Waals surface area contributed by atoms with Gasteiger partial charge in [-0.25, -0.2) is 9.59 Å². The molecular formula is C50H72ClN7O10. The van der Waals surface area contributed by atoms with E-state index in [1.807, 2.05) is 47.5 Å². The minimum atomic E-state index is -1.49. The largest absolute Gasteiger partial charge is 0.490 e. The number of urea groups is 2. The van der Waals surface area contributed by atoms with Crippen molar-refractivity contribution in [1.29, 1.82) is 0 Å². The van der Waals surface area contributed by atoms with Crippen molar-refractivity contribution in [2.45, 2.75) is 126 Å². The van der Waals surface area contributed by atoms with Gasteiger partial charge in [-0.3, -0.25) is 14.7 Å². The third-order valence-corrected chi connectivity index (χ3v) is 13.7. The van der Waals surface area contributed by atoms with E-state index in [-0.39, 0.29) is 62.7 Å². The molecule has 3 aliphatic rings. The summed E-state index contributed by atoms with van der Waals surface area (Å²) in [6.07, 6.45) is 5.91. The van der Waals surface area contributed by atoms with Crippen LogP contribution in [0, 0.1) is 0 Å². The summed E-state index contributed by atoms with van der Waals surface area (Å²) < 4.78 is 6.35. The Labute approximate surface area is 404 Å². The first-order valence-electron chi connectivity index (χ1n) is 24.3. The van der Waals surface area contributed by atoms with Crippen LogP contribution in [0.15, 0.2) is 60.9 Å². The molecule has 2 aromatic carbocycles. The summed E-state index contributed by atoms with van der Waals surface area (Å²) in [6, 6.07) is 15.4. The number of para-hydroxylation sites is 1. The number of carbonyl (C=O) groups excluding carboxylic acids is 3. The van der Waals surface area contributed by atoms with Gasteiger partial charge >= 0.3 is 12.1 Å². The molecule has 2 heterocycles. The zero-order valence-corrected chi connectivity index (χ0v) is 40.0. The highest BCUT2D eigenvalue weighted by Crippen LogP contribution is 2.55. The number of aliphatic hydroxyl groups is 6. The minimum Gasteiger partial charge on any atom is -0.490 e. The molecule has 9 N–H and O–H groups in total. The normalized spacial score (nSPS) is 17.9. The van der Waals surface area contributed by atoms with Crippen LogP contribution < -0.4 is 20.7 Å². The van der Waals surface area contributed by atoms with Crippen molar-refractivity contribution in [2.75, 3.05) is 65.6 Å². The van der Waals surface area contributed by atoms with Crippen LogP contribution in [0.3, 0.4) is 0 Å². The molecule has 374 valence electrons. The van der Waals surface area contributed by atoms with E-state index in [2.05, 4.69) is 44.9 Å². The fourth-order valence-electron chi connectivity index (χ4n) is 8.79. The van der Waals surface area contributed by atoms with E-state index in [0.29, 0.717) is 82.9 Å². The van der Waals surface area contributed by atoms with Gasteiger partial charge < -0.3 is 61.1 Å². The van der Waals surface area contributed by atoms with Crippen molar-refractivity contribution < 1.29 is 49.8 Å². The Hall–Kier alpha value is -4.59. The molecule has 1 unspecified atom stereocenters. The molecule has 0 bridgehead atoms. The number of hydrogen-bond acceptors (Lipinski definition) is 12. The van der Waals surface area contributed by atoms with Crippen molar-refractivity contribution in [1.82, 2.24) is 35.6 Å². The van der Waals surface area contributed by atoms with Gasteiger partial charge in [0.05, 0.1) is 36.6 Å². The van der Waals surface area contributed by atoms with Crippen LogP contribution in [0.2, 0.25) is 5.02 Å². The van der Waals surface area contributed by atoms with E-state index in [1.165, 1.54) is 0 Å². The number of pyridine rings is 1. The van der Waals surface area contributed by atoms with Crippen molar-refractivity contribution >= 4 is 29.6 Å². The highest BCUT2D eigenvalue weighted by Gasteiger charge is 2.53. The molecule has 1 saturated heterocycles. The Morgan fingerprint density at radius 2 is 1.65 bits per heavy atom. The number of nitrogens with one attached hydrogen (secondary N) is 3. The lowest BCUT2D eigenvalue weighted by molar-refractivity contribution is -0.121. The van der Waals surface area contributed by atoms with E-state index in [9.17, 15) is 39.9 Å². The van der Waals surface area contributed by atoms with Crippen LogP contribution in [0.5, 0.6) is 5.75 Å². The summed E-state index contributed by atoms with van der Waals surface area (Å²) in [7, 11) is 0. The molecule has 3 aromatic rings. The number of carbonyl (C=O) groups is 3. The fraction of sp³-hybridized carbons (Fsp3) is 0.600. The summed E-state index contributed by atoms with van der Waals surface area (Å²) in [6.45, 7) is 5.16. The summed E-state index contributed by atoms with van der Waals surface area (Å²) in [4.78, 5) is 50.2. The summed E-state index contributed by atoms with van der Waals surface area (Å²) in [5, 5.41) is 67.2. The molecule has 1 aromatic heterocycles.